The van der Waals surface area contributed by atoms with Gasteiger partial charge in [0.05, 0.1) is 11.3 Å². The van der Waals surface area contributed by atoms with Crippen LogP contribution >= 0.6 is 0 Å². The van der Waals surface area contributed by atoms with Crippen molar-refractivity contribution in [3.8, 4) is 0 Å². The molecule has 5 heteroatoms. The minimum atomic E-state index is -1.01. The maximum atomic E-state index is 12.4. The maximum Gasteiger partial charge on any atom is 0.414 e. The minimum absolute atomic E-state index is 0.193. The summed E-state index contributed by atoms with van der Waals surface area (Å²) in [5, 5.41) is 9.48. The maximum absolute atomic E-state index is 12.4. The number of rotatable bonds is 1. The number of carbonyl (C=O) groups excluding carboxylic acids is 1. The molecule has 0 spiro atoms. The fourth-order valence-corrected chi connectivity index (χ4v) is 2.55. The number of anilines is 1. The summed E-state index contributed by atoms with van der Waals surface area (Å²) in [6.07, 6.45) is 1.08. The fourth-order valence-electron chi connectivity index (χ4n) is 2.55. The van der Waals surface area contributed by atoms with Gasteiger partial charge in [0.25, 0.3) is 0 Å². The Morgan fingerprint density at radius 2 is 1.95 bits per heavy atom. The van der Waals surface area contributed by atoms with E-state index in [1.54, 1.807) is 33.8 Å². The van der Waals surface area contributed by atoms with Crippen LogP contribution in [-0.2, 0) is 11.2 Å². The number of aromatic carboxylic acids is 1. The Morgan fingerprint density at radius 1 is 1.29 bits per heavy atom. The molecule has 1 amide bonds. The van der Waals surface area contributed by atoms with Gasteiger partial charge < -0.3 is 9.84 Å². The Labute approximate surface area is 124 Å². The Bertz CT molecular complexity index is 587. The van der Waals surface area contributed by atoms with E-state index in [-0.39, 0.29) is 5.56 Å². The average Bonchev–Trinajstić information content (AvgIpc) is 2.35. The third-order valence-corrected chi connectivity index (χ3v) is 3.40. The molecule has 0 unspecified atom stereocenters. The first kappa shape index (κ1) is 15.4. The predicted molar refractivity (Wildman–Crippen MR) is 80.0 cm³/mol. The van der Waals surface area contributed by atoms with E-state index in [0.29, 0.717) is 17.8 Å². The molecule has 1 aliphatic heterocycles. The molecule has 5 nitrogen and oxygen atoms in total. The van der Waals surface area contributed by atoms with Gasteiger partial charge in [0, 0.05) is 6.54 Å². The highest BCUT2D eigenvalue weighted by Gasteiger charge is 2.31. The molecular weight excluding hydrogens is 270 g/mol. The highest BCUT2D eigenvalue weighted by Crippen LogP contribution is 2.34. The van der Waals surface area contributed by atoms with Crippen molar-refractivity contribution in [2.45, 2.75) is 46.1 Å². The van der Waals surface area contributed by atoms with E-state index in [2.05, 4.69) is 0 Å². The second kappa shape index (κ2) is 5.39. The number of aryl methyl sites for hydroxylation is 2. The van der Waals surface area contributed by atoms with Crippen molar-refractivity contribution in [3.05, 3.63) is 28.8 Å². The van der Waals surface area contributed by atoms with Crippen LogP contribution in [0.15, 0.2) is 12.1 Å². The van der Waals surface area contributed by atoms with Crippen LogP contribution in [0.5, 0.6) is 0 Å². The number of ether oxygens (including phenoxy) is 1. The van der Waals surface area contributed by atoms with Crippen molar-refractivity contribution >= 4 is 17.7 Å². The number of carbonyl (C=O) groups is 2. The first-order valence-corrected chi connectivity index (χ1v) is 7.07. The van der Waals surface area contributed by atoms with Gasteiger partial charge in [-0.05, 0) is 51.7 Å². The summed E-state index contributed by atoms with van der Waals surface area (Å²) in [5.74, 6) is -1.01. The molecule has 1 aromatic carbocycles. The van der Waals surface area contributed by atoms with Crippen molar-refractivity contribution in [2.75, 3.05) is 11.4 Å². The van der Waals surface area contributed by atoms with E-state index >= 15 is 0 Å². The van der Waals surface area contributed by atoms with Crippen LogP contribution in [0.1, 0.15) is 48.7 Å². The van der Waals surface area contributed by atoms with Gasteiger partial charge in [-0.3, -0.25) is 4.90 Å². The minimum Gasteiger partial charge on any atom is -0.478 e. The predicted octanol–water partition coefficient (Wildman–Crippen LogP) is 3.38. The van der Waals surface area contributed by atoms with Crippen molar-refractivity contribution in [3.63, 3.8) is 0 Å². The zero-order valence-electron chi connectivity index (χ0n) is 12.9. The van der Waals surface area contributed by atoms with Gasteiger partial charge >= 0.3 is 12.1 Å². The van der Waals surface area contributed by atoms with Crippen molar-refractivity contribution in [2.24, 2.45) is 0 Å². The fraction of sp³-hybridized carbons (Fsp3) is 0.500. The molecule has 1 aromatic rings. The Hall–Kier alpha value is -2.04. The first-order valence-electron chi connectivity index (χ1n) is 7.07. The molecule has 0 fully saturated rings. The summed E-state index contributed by atoms with van der Waals surface area (Å²) in [6, 6.07) is 3.69. The van der Waals surface area contributed by atoms with Crippen LogP contribution in [0.2, 0.25) is 0 Å². The van der Waals surface area contributed by atoms with Crippen LogP contribution < -0.4 is 4.90 Å². The highest BCUT2D eigenvalue weighted by molar-refractivity contribution is 6.02. The lowest BCUT2D eigenvalue weighted by atomic mass is 9.95. The van der Waals surface area contributed by atoms with Crippen molar-refractivity contribution in [1.82, 2.24) is 0 Å². The number of nitrogens with zero attached hydrogens (tertiary/aromatic N) is 1. The van der Waals surface area contributed by atoms with E-state index in [1.165, 1.54) is 4.90 Å². The standard InChI is InChI=1S/C16H21NO4/c1-10-7-8-11-6-5-9-17(13(11)12(10)14(18)19)15(20)21-16(2,3)4/h7-8H,5-6,9H2,1-4H3,(H,18,19). The molecule has 0 bridgehead atoms. The lowest BCUT2D eigenvalue weighted by Gasteiger charge is -2.33. The lowest BCUT2D eigenvalue weighted by Crippen LogP contribution is -2.40. The molecule has 0 aliphatic carbocycles. The van der Waals surface area contributed by atoms with E-state index in [9.17, 15) is 14.7 Å². The normalized spacial score (nSPS) is 14.6. The van der Waals surface area contributed by atoms with Gasteiger partial charge in [-0.25, -0.2) is 9.59 Å². The third kappa shape index (κ3) is 3.17. The molecule has 0 aromatic heterocycles. The summed E-state index contributed by atoms with van der Waals surface area (Å²) in [5.41, 5.74) is 1.61. The van der Waals surface area contributed by atoms with Gasteiger partial charge in [-0.1, -0.05) is 12.1 Å². The monoisotopic (exact) mass is 291 g/mol. The van der Waals surface area contributed by atoms with E-state index < -0.39 is 17.7 Å². The van der Waals surface area contributed by atoms with Gasteiger partial charge in [-0.2, -0.15) is 0 Å². The van der Waals surface area contributed by atoms with Gasteiger partial charge in [0.15, 0.2) is 0 Å². The van der Waals surface area contributed by atoms with Crippen molar-refractivity contribution in [1.29, 1.82) is 0 Å². The zero-order chi connectivity index (χ0) is 15.8. The Kier molecular flexibility index (Phi) is 3.94. The van der Waals surface area contributed by atoms with Crippen LogP contribution in [-0.4, -0.2) is 29.3 Å². The molecule has 0 radical (unpaired) electrons. The second-order valence-corrected chi connectivity index (χ2v) is 6.31. The zero-order valence-corrected chi connectivity index (χ0v) is 12.9. The quantitative estimate of drug-likeness (QED) is 0.861. The summed E-state index contributed by atoms with van der Waals surface area (Å²) in [4.78, 5) is 25.4. The highest BCUT2D eigenvalue weighted by atomic mass is 16.6. The van der Waals surface area contributed by atoms with Crippen LogP contribution in [0, 0.1) is 6.92 Å². The van der Waals surface area contributed by atoms with E-state index in [0.717, 1.165) is 18.4 Å². The van der Waals surface area contributed by atoms with Gasteiger partial charge in [0.2, 0.25) is 0 Å². The lowest BCUT2D eigenvalue weighted by molar-refractivity contribution is 0.0577. The van der Waals surface area contributed by atoms with E-state index in [4.69, 9.17) is 4.74 Å². The van der Waals surface area contributed by atoms with Crippen LogP contribution in [0.3, 0.4) is 0 Å². The molecule has 0 atom stereocenters. The molecule has 2 rings (SSSR count). The average molecular weight is 291 g/mol. The van der Waals surface area contributed by atoms with Crippen LogP contribution in [0.25, 0.3) is 0 Å². The largest absolute Gasteiger partial charge is 0.478 e. The number of amides is 1. The molecule has 0 saturated heterocycles. The summed E-state index contributed by atoms with van der Waals surface area (Å²) < 4.78 is 5.40. The SMILES string of the molecule is Cc1ccc2c(c1C(=O)O)N(C(=O)OC(C)(C)C)CCC2. The molecular formula is C16H21NO4. The molecule has 1 heterocycles. The smallest absolute Gasteiger partial charge is 0.414 e. The van der Waals surface area contributed by atoms with Gasteiger partial charge in [-0.15, -0.1) is 0 Å². The van der Waals surface area contributed by atoms with Gasteiger partial charge in [0.1, 0.15) is 5.60 Å². The summed E-state index contributed by atoms with van der Waals surface area (Å²) >= 11 is 0. The topological polar surface area (TPSA) is 66.8 Å². The molecule has 1 N–H and O–H groups in total. The number of hydrogen-bond donors (Lipinski definition) is 1. The third-order valence-electron chi connectivity index (χ3n) is 3.40. The van der Waals surface area contributed by atoms with Crippen LogP contribution in [0.4, 0.5) is 10.5 Å². The number of fused-ring (bicyclic) bond motifs is 1. The van der Waals surface area contributed by atoms with E-state index in [1.807, 2.05) is 6.07 Å². The second-order valence-electron chi connectivity index (χ2n) is 6.31. The molecule has 114 valence electrons. The number of hydrogen-bond acceptors (Lipinski definition) is 3. The molecule has 1 aliphatic rings. The summed E-state index contributed by atoms with van der Waals surface area (Å²) in [6.45, 7) is 7.61. The number of benzene rings is 1. The van der Waals surface area contributed by atoms with Crippen molar-refractivity contribution < 1.29 is 19.4 Å². The Morgan fingerprint density at radius 3 is 2.52 bits per heavy atom. The molecule has 0 saturated carbocycles. The summed E-state index contributed by atoms with van der Waals surface area (Å²) in [7, 11) is 0. The number of carboxylic acid groups (broad SMARTS) is 1. The molecule has 21 heavy (non-hydrogen) atoms. The first-order chi connectivity index (χ1) is 9.70. The number of carboxylic acids is 1. The Balaban J connectivity index is 2.49.